The van der Waals surface area contributed by atoms with Crippen LogP contribution in [0, 0.1) is 0 Å². The van der Waals surface area contributed by atoms with Crippen LogP contribution in [0.15, 0.2) is 41.3 Å². The lowest BCUT2D eigenvalue weighted by Gasteiger charge is -2.20. The van der Waals surface area contributed by atoms with Gasteiger partial charge in [0.25, 0.3) is 10.0 Å². The molecule has 0 bridgehead atoms. The standard InChI is InChI=1S/C14H11Cl2NO4S/c15-9-2-1-3-10(6-9)22(18,19)17-12-8-14-13(7-11(12)16)20-4-5-21-14/h1-3,6-8,17H,4-5H2. The van der Waals surface area contributed by atoms with Crippen LogP contribution >= 0.6 is 23.2 Å². The van der Waals surface area contributed by atoms with Crippen molar-refractivity contribution in [1.29, 1.82) is 0 Å². The molecule has 0 amide bonds. The van der Waals surface area contributed by atoms with Crippen molar-refractivity contribution in [2.75, 3.05) is 17.9 Å². The Bertz CT molecular complexity index is 824. The van der Waals surface area contributed by atoms with Gasteiger partial charge >= 0.3 is 0 Å². The van der Waals surface area contributed by atoms with Crippen LogP contribution < -0.4 is 14.2 Å². The van der Waals surface area contributed by atoms with Crippen molar-refractivity contribution in [3.63, 3.8) is 0 Å². The van der Waals surface area contributed by atoms with Gasteiger partial charge in [-0.15, -0.1) is 0 Å². The molecule has 5 nitrogen and oxygen atoms in total. The van der Waals surface area contributed by atoms with Gasteiger partial charge in [-0.3, -0.25) is 4.72 Å². The third-order valence-electron chi connectivity index (χ3n) is 2.98. The quantitative estimate of drug-likeness (QED) is 0.909. The molecule has 1 N–H and O–H groups in total. The average molecular weight is 360 g/mol. The molecule has 0 saturated heterocycles. The Hall–Kier alpha value is -1.63. The van der Waals surface area contributed by atoms with Gasteiger partial charge in [-0.25, -0.2) is 8.42 Å². The number of halogens is 2. The lowest BCUT2D eigenvalue weighted by Crippen LogP contribution is -2.17. The Morgan fingerprint density at radius 2 is 1.68 bits per heavy atom. The Kier molecular flexibility index (Phi) is 4.08. The normalized spacial score (nSPS) is 13.7. The minimum Gasteiger partial charge on any atom is -0.486 e. The van der Waals surface area contributed by atoms with Gasteiger partial charge in [-0.1, -0.05) is 29.3 Å². The van der Waals surface area contributed by atoms with Gasteiger partial charge in [0.05, 0.1) is 15.6 Å². The summed E-state index contributed by atoms with van der Waals surface area (Å²) in [4.78, 5) is 0.0472. The molecule has 1 aliphatic heterocycles. The maximum absolute atomic E-state index is 12.4. The molecule has 1 heterocycles. The fraction of sp³-hybridized carbons (Fsp3) is 0.143. The number of sulfonamides is 1. The van der Waals surface area contributed by atoms with Gasteiger partial charge in [-0.05, 0) is 18.2 Å². The minimum absolute atomic E-state index is 0.0472. The van der Waals surface area contributed by atoms with E-state index >= 15 is 0 Å². The number of fused-ring (bicyclic) bond motifs is 1. The lowest BCUT2D eigenvalue weighted by molar-refractivity contribution is 0.171. The second-order valence-electron chi connectivity index (χ2n) is 4.54. The van der Waals surface area contributed by atoms with E-state index in [1.54, 1.807) is 12.1 Å². The van der Waals surface area contributed by atoms with Gasteiger partial charge in [0.1, 0.15) is 13.2 Å². The summed E-state index contributed by atoms with van der Waals surface area (Å²) in [7, 11) is -3.80. The van der Waals surface area contributed by atoms with Crippen LogP contribution in [-0.4, -0.2) is 21.6 Å². The summed E-state index contributed by atoms with van der Waals surface area (Å²) in [6.45, 7) is 0.825. The molecular weight excluding hydrogens is 349 g/mol. The molecule has 2 aromatic rings. The molecule has 3 rings (SSSR count). The zero-order valence-electron chi connectivity index (χ0n) is 11.2. The Balaban J connectivity index is 1.95. The molecule has 2 aromatic carbocycles. The molecule has 22 heavy (non-hydrogen) atoms. The summed E-state index contributed by atoms with van der Waals surface area (Å²) >= 11 is 11.9. The van der Waals surface area contributed by atoms with E-state index in [0.717, 1.165) is 0 Å². The van der Waals surface area contributed by atoms with Crippen molar-refractivity contribution in [3.8, 4) is 11.5 Å². The number of benzene rings is 2. The first kappa shape index (κ1) is 15.3. The third-order valence-corrected chi connectivity index (χ3v) is 4.89. The predicted molar refractivity (Wildman–Crippen MR) is 84.7 cm³/mol. The summed E-state index contributed by atoms with van der Waals surface area (Å²) < 4.78 is 38.0. The summed E-state index contributed by atoms with van der Waals surface area (Å²) in [5.74, 6) is 0.932. The smallest absolute Gasteiger partial charge is 0.261 e. The number of hydrogen-bond donors (Lipinski definition) is 1. The largest absolute Gasteiger partial charge is 0.486 e. The van der Waals surface area contributed by atoms with Crippen molar-refractivity contribution < 1.29 is 17.9 Å². The SMILES string of the molecule is O=S(=O)(Nc1cc2c(cc1Cl)OCCO2)c1cccc(Cl)c1. The van der Waals surface area contributed by atoms with Gasteiger partial charge in [0.2, 0.25) is 0 Å². The van der Waals surface area contributed by atoms with E-state index in [-0.39, 0.29) is 15.6 Å². The summed E-state index contributed by atoms with van der Waals surface area (Å²) in [6, 6.07) is 8.97. The summed E-state index contributed by atoms with van der Waals surface area (Å²) in [6.07, 6.45) is 0. The monoisotopic (exact) mass is 359 g/mol. The Morgan fingerprint density at radius 3 is 2.36 bits per heavy atom. The van der Waals surface area contributed by atoms with Crippen LogP contribution in [0.1, 0.15) is 0 Å². The van der Waals surface area contributed by atoms with Crippen LogP contribution in [-0.2, 0) is 10.0 Å². The van der Waals surface area contributed by atoms with Crippen LogP contribution in [0.4, 0.5) is 5.69 Å². The average Bonchev–Trinajstić information content (AvgIpc) is 2.48. The van der Waals surface area contributed by atoms with E-state index in [0.29, 0.717) is 29.7 Å². The van der Waals surface area contributed by atoms with Crippen molar-refractivity contribution in [2.45, 2.75) is 4.90 Å². The van der Waals surface area contributed by atoms with Gasteiger partial charge in [0, 0.05) is 17.2 Å². The molecule has 8 heteroatoms. The lowest BCUT2D eigenvalue weighted by atomic mass is 10.2. The van der Waals surface area contributed by atoms with Crippen LogP contribution in [0.3, 0.4) is 0 Å². The van der Waals surface area contributed by atoms with E-state index in [2.05, 4.69) is 4.72 Å². The van der Waals surface area contributed by atoms with Gasteiger partial charge < -0.3 is 9.47 Å². The van der Waals surface area contributed by atoms with Gasteiger partial charge in [-0.2, -0.15) is 0 Å². The topological polar surface area (TPSA) is 64.6 Å². The molecule has 0 atom stereocenters. The van der Waals surface area contributed by atoms with Crippen molar-refractivity contribution in [3.05, 3.63) is 46.4 Å². The molecule has 0 aromatic heterocycles. The highest BCUT2D eigenvalue weighted by Crippen LogP contribution is 2.38. The van der Waals surface area contributed by atoms with Crippen LogP contribution in [0.2, 0.25) is 10.0 Å². The highest BCUT2D eigenvalue weighted by Gasteiger charge is 2.20. The Labute approximate surface area is 137 Å². The summed E-state index contributed by atoms with van der Waals surface area (Å²) in [5, 5.41) is 0.547. The fourth-order valence-electron chi connectivity index (χ4n) is 1.98. The molecular formula is C14H11Cl2NO4S. The summed E-state index contributed by atoms with van der Waals surface area (Å²) in [5.41, 5.74) is 0.214. The van der Waals surface area contributed by atoms with E-state index in [4.69, 9.17) is 32.7 Å². The first-order chi connectivity index (χ1) is 10.5. The number of anilines is 1. The second kappa shape index (κ2) is 5.87. The van der Waals surface area contributed by atoms with Crippen molar-refractivity contribution in [2.24, 2.45) is 0 Å². The predicted octanol–water partition coefficient (Wildman–Crippen LogP) is 3.57. The molecule has 1 aliphatic rings. The van der Waals surface area contributed by atoms with E-state index in [1.807, 2.05) is 0 Å². The van der Waals surface area contributed by atoms with Gasteiger partial charge in [0.15, 0.2) is 11.5 Å². The van der Waals surface area contributed by atoms with Crippen LogP contribution in [0.5, 0.6) is 11.5 Å². The zero-order chi connectivity index (χ0) is 15.7. The number of nitrogens with one attached hydrogen (secondary N) is 1. The number of hydrogen-bond acceptors (Lipinski definition) is 4. The highest BCUT2D eigenvalue weighted by atomic mass is 35.5. The fourth-order valence-corrected chi connectivity index (χ4v) is 3.61. The Morgan fingerprint density at radius 1 is 1.00 bits per heavy atom. The number of rotatable bonds is 3. The maximum Gasteiger partial charge on any atom is 0.261 e. The number of ether oxygens (including phenoxy) is 2. The molecule has 0 radical (unpaired) electrons. The van der Waals surface area contributed by atoms with Crippen LogP contribution in [0.25, 0.3) is 0 Å². The molecule has 0 saturated carbocycles. The van der Waals surface area contributed by atoms with Crippen molar-refractivity contribution >= 4 is 38.9 Å². The maximum atomic E-state index is 12.4. The third kappa shape index (κ3) is 3.09. The van der Waals surface area contributed by atoms with E-state index < -0.39 is 10.0 Å². The zero-order valence-corrected chi connectivity index (χ0v) is 13.5. The second-order valence-corrected chi connectivity index (χ2v) is 7.06. The highest BCUT2D eigenvalue weighted by molar-refractivity contribution is 7.92. The first-order valence-electron chi connectivity index (χ1n) is 6.33. The molecule has 0 fully saturated rings. The van der Waals surface area contributed by atoms with E-state index in [9.17, 15) is 8.42 Å². The first-order valence-corrected chi connectivity index (χ1v) is 8.57. The van der Waals surface area contributed by atoms with E-state index in [1.165, 1.54) is 24.3 Å². The molecule has 0 unspecified atom stereocenters. The minimum atomic E-state index is -3.80. The van der Waals surface area contributed by atoms with Crippen molar-refractivity contribution in [1.82, 2.24) is 0 Å². The molecule has 116 valence electrons. The molecule has 0 spiro atoms. The molecule has 0 aliphatic carbocycles.